The number of amides is 1. The van der Waals surface area contributed by atoms with Gasteiger partial charge in [0.2, 0.25) is 0 Å². The molecule has 1 aliphatic rings. The molecule has 1 heterocycles. The highest BCUT2D eigenvalue weighted by atomic mass is 35.5. The summed E-state index contributed by atoms with van der Waals surface area (Å²) >= 11 is 5.88. The molecule has 0 radical (unpaired) electrons. The fraction of sp³-hybridized carbons (Fsp3) is 0.423. The minimum atomic E-state index is -4.51. The molecule has 0 spiro atoms. The van der Waals surface area contributed by atoms with E-state index in [-0.39, 0.29) is 10.6 Å². The lowest BCUT2D eigenvalue weighted by molar-refractivity contribution is -0.137. The summed E-state index contributed by atoms with van der Waals surface area (Å²) in [6.45, 7) is 5.80. The fourth-order valence-electron chi connectivity index (χ4n) is 4.12. The van der Waals surface area contributed by atoms with E-state index in [2.05, 4.69) is 35.9 Å². The van der Waals surface area contributed by atoms with Gasteiger partial charge in [-0.05, 0) is 57.0 Å². The molecule has 1 fully saturated rings. The van der Waals surface area contributed by atoms with Crippen LogP contribution in [-0.2, 0) is 11.0 Å². The van der Waals surface area contributed by atoms with E-state index in [1.807, 2.05) is 0 Å². The molecule has 0 aliphatic carbocycles. The first kappa shape index (κ1) is 26.7. The number of hydrogen-bond acceptors (Lipinski definition) is 4. The number of rotatable bonds is 6. The van der Waals surface area contributed by atoms with Crippen molar-refractivity contribution in [3.63, 3.8) is 0 Å². The maximum Gasteiger partial charge on any atom is 0.416 e. The number of benzene rings is 2. The van der Waals surface area contributed by atoms with E-state index in [9.17, 15) is 18.0 Å². The second-order valence-electron chi connectivity index (χ2n) is 8.48. The highest BCUT2D eigenvalue weighted by molar-refractivity contribution is 6.31. The number of carbonyl (C=O) groups excluding carboxylic acids is 1. The van der Waals surface area contributed by atoms with Crippen molar-refractivity contribution in [3.05, 3.63) is 52.5 Å². The molecule has 35 heavy (non-hydrogen) atoms. The van der Waals surface area contributed by atoms with Crippen LogP contribution in [0.25, 0.3) is 0 Å². The van der Waals surface area contributed by atoms with Crippen molar-refractivity contribution in [1.82, 2.24) is 4.90 Å². The number of nitrogens with zero attached hydrogens (tertiary/aromatic N) is 1. The predicted molar refractivity (Wildman–Crippen MR) is 130 cm³/mol. The molecule has 0 aromatic heterocycles. The minimum Gasteiger partial charge on any atom is -0.493 e. The number of anilines is 1. The zero-order valence-corrected chi connectivity index (χ0v) is 20.6. The van der Waals surface area contributed by atoms with Gasteiger partial charge in [0.05, 0.1) is 17.7 Å². The van der Waals surface area contributed by atoms with E-state index in [0.29, 0.717) is 35.9 Å². The van der Waals surface area contributed by atoms with Gasteiger partial charge in [-0.2, -0.15) is 13.2 Å². The summed E-state index contributed by atoms with van der Waals surface area (Å²) in [5.74, 6) is 5.20. The van der Waals surface area contributed by atoms with Gasteiger partial charge in [-0.15, -0.1) is 0 Å². The number of methoxy groups -OCH3 is 1. The number of halogens is 4. The van der Waals surface area contributed by atoms with Crippen LogP contribution in [0.4, 0.5) is 18.9 Å². The van der Waals surface area contributed by atoms with Crippen LogP contribution in [0.15, 0.2) is 36.4 Å². The van der Waals surface area contributed by atoms with Gasteiger partial charge in [0.15, 0.2) is 11.5 Å². The van der Waals surface area contributed by atoms with Crippen molar-refractivity contribution in [2.24, 2.45) is 0 Å². The van der Waals surface area contributed by atoms with Crippen molar-refractivity contribution < 1.29 is 27.4 Å². The van der Waals surface area contributed by atoms with Crippen molar-refractivity contribution in [2.45, 2.75) is 51.4 Å². The molecule has 9 heteroatoms. The van der Waals surface area contributed by atoms with Crippen LogP contribution < -0.4 is 14.8 Å². The Morgan fingerprint density at radius 2 is 1.86 bits per heavy atom. The van der Waals surface area contributed by atoms with Gasteiger partial charge >= 0.3 is 12.1 Å². The summed E-state index contributed by atoms with van der Waals surface area (Å²) in [6, 6.07) is 8.81. The van der Waals surface area contributed by atoms with Gasteiger partial charge in [-0.1, -0.05) is 23.9 Å². The highest BCUT2D eigenvalue weighted by Gasteiger charge is 2.30. The van der Waals surface area contributed by atoms with Crippen LogP contribution in [0.1, 0.15) is 44.2 Å². The summed E-state index contributed by atoms with van der Waals surface area (Å²) in [5.41, 5.74) is -0.328. The van der Waals surface area contributed by atoms with Gasteiger partial charge < -0.3 is 14.8 Å². The zero-order valence-electron chi connectivity index (χ0n) is 19.8. The maximum absolute atomic E-state index is 12.8. The number of hydrogen-bond donors (Lipinski definition) is 1. The standard InChI is InChI=1S/C26H28ClF3N2O3/c1-17-5-4-6-18(2)32(17)13-14-35-23-11-10-21(16-24(23)34-3)31-25(33)12-8-19-7-9-20(15-22(19)27)26(28,29)30/h7,9-11,15-18H,4-6,13-14H2,1-3H3,(H,31,33). The van der Waals surface area contributed by atoms with E-state index < -0.39 is 17.6 Å². The second-order valence-corrected chi connectivity index (χ2v) is 8.88. The second kappa shape index (κ2) is 11.7. The Balaban J connectivity index is 1.60. The molecule has 5 nitrogen and oxygen atoms in total. The number of carbonyl (C=O) groups is 1. The molecule has 2 atom stereocenters. The molecular weight excluding hydrogens is 481 g/mol. The van der Waals surface area contributed by atoms with Crippen LogP contribution in [0, 0.1) is 11.8 Å². The highest BCUT2D eigenvalue weighted by Crippen LogP contribution is 2.32. The Hall–Kier alpha value is -2.89. The molecule has 1 saturated heterocycles. The number of ether oxygens (including phenoxy) is 2. The first-order valence-electron chi connectivity index (χ1n) is 11.3. The summed E-state index contributed by atoms with van der Waals surface area (Å²) in [4.78, 5) is 14.7. The van der Waals surface area contributed by atoms with E-state index in [4.69, 9.17) is 21.1 Å². The molecule has 3 rings (SSSR count). The predicted octanol–water partition coefficient (Wildman–Crippen LogP) is 6.00. The minimum absolute atomic E-state index is 0.119. The van der Waals surface area contributed by atoms with Gasteiger partial charge in [-0.3, -0.25) is 9.69 Å². The summed E-state index contributed by atoms with van der Waals surface area (Å²) in [6.07, 6.45) is -0.874. The lowest BCUT2D eigenvalue weighted by Crippen LogP contribution is -2.45. The number of likely N-dealkylation sites (tertiary alicyclic amines) is 1. The smallest absolute Gasteiger partial charge is 0.416 e. The van der Waals surface area contributed by atoms with Crippen LogP contribution in [0.2, 0.25) is 5.02 Å². The third kappa shape index (κ3) is 7.30. The quantitative estimate of drug-likeness (QED) is 0.486. The van der Waals surface area contributed by atoms with Crippen LogP contribution >= 0.6 is 11.6 Å². The van der Waals surface area contributed by atoms with Gasteiger partial charge in [0.25, 0.3) is 0 Å². The van der Waals surface area contributed by atoms with Gasteiger partial charge in [0, 0.05) is 41.9 Å². The molecule has 0 saturated carbocycles. The van der Waals surface area contributed by atoms with Crippen molar-refractivity contribution in [1.29, 1.82) is 0 Å². The largest absolute Gasteiger partial charge is 0.493 e. The first-order chi connectivity index (χ1) is 16.6. The molecule has 1 aliphatic heterocycles. The summed E-state index contributed by atoms with van der Waals surface area (Å²) in [5, 5.41) is 2.43. The molecule has 188 valence electrons. The SMILES string of the molecule is COc1cc(NC(=O)C#Cc2ccc(C(F)(F)F)cc2Cl)ccc1OCCN1C(C)CCCC1C. The topological polar surface area (TPSA) is 50.8 Å². The van der Waals surface area contributed by atoms with E-state index in [0.717, 1.165) is 24.7 Å². The average molecular weight is 509 g/mol. The average Bonchev–Trinajstić information content (AvgIpc) is 2.80. The first-order valence-corrected chi connectivity index (χ1v) is 11.7. The molecule has 2 unspecified atom stereocenters. The number of alkyl halides is 3. The Morgan fingerprint density at radius 1 is 1.14 bits per heavy atom. The fourth-order valence-corrected chi connectivity index (χ4v) is 4.35. The Labute approximate surface area is 208 Å². The Kier molecular flexibility index (Phi) is 8.92. The van der Waals surface area contributed by atoms with Crippen LogP contribution in [0.5, 0.6) is 11.5 Å². The summed E-state index contributed by atoms with van der Waals surface area (Å²) in [7, 11) is 1.51. The third-order valence-electron chi connectivity index (χ3n) is 6.01. The number of nitrogens with one attached hydrogen (secondary N) is 1. The van der Waals surface area contributed by atoms with E-state index in [1.54, 1.807) is 18.2 Å². The number of piperidine rings is 1. The molecule has 2 aromatic rings. The maximum atomic E-state index is 12.8. The molecule has 0 bridgehead atoms. The third-order valence-corrected chi connectivity index (χ3v) is 6.32. The van der Waals surface area contributed by atoms with Crippen LogP contribution in [0.3, 0.4) is 0 Å². The summed E-state index contributed by atoms with van der Waals surface area (Å²) < 4.78 is 49.6. The van der Waals surface area contributed by atoms with Gasteiger partial charge in [-0.25, -0.2) is 0 Å². The van der Waals surface area contributed by atoms with Crippen molar-refractivity contribution in [2.75, 3.05) is 25.6 Å². The van der Waals surface area contributed by atoms with Crippen LogP contribution in [-0.4, -0.2) is 43.2 Å². The van der Waals surface area contributed by atoms with Crippen molar-refractivity contribution in [3.8, 4) is 23.3 Å². The lowest BCUT2D eigenvalue weighted by atomic mass is 9.98. The zero-order chi connectivity index (χ0) is 25.6. The van der Waals surface area contributed by atoms with E-state index >= 15 is 0 Å². The lowest BCUT2D eigenvalue weighted by Gasteiger charge is -2.38. The molecule has 2 aromatic carbocycles. The van der Waals surface area contributed by atoms with Crippen molar-refractivity contribution >= 4 is 23.2 Å². The Morgan fingerprint density at radius 3 is 2.49 bits per heavy atom. The monoisotopic (exact) mass is 508 g/mol. The molecule has 1 amide bonds. The van der Waals surface area contributed by atoms with E-state index in [1.165, 1.54) is 26.4 Å². The molecule has 1 N–H and O–H groups in total. The van der Waals surface area contributed by atoms with Gasteiger partial charge in [0.1, 0.15) is 6.61 Å². The Bertz CT molecular complexity index is 1100. The molecular formula is C26H28ClF3N2O3. The normalized spacial score (nSPS) is 18.4.